The van der Waals surface area contributed by atoms with Crippen LogP contribution < -0.4 is 15.8 Å². The number of hydrogen-bond acceptors (Lipinski definition) is 4. The maximum absolute atomic E-state index is 13.1. The third kappa shape index (κ3) is 3.81. The molecular weight excluding hydrogens is 415 g/mol. The number of nitrogens with zero attached hydrogens (tertiary/aromatic N) is 2. The Hall–Kier alpha value is -3.75. The Bertz CT molecular complexity index is 1090. The number of anilines is 1. The molecule has 2 aromatic rings. The number of rotatable bonds is 5. The molecule has 9 heteroatoms. The van der Waals surface area contributed by atoms with Crippen molar-refractivity contribution >= 4 is 29.3 Å². The number of fused-ring (bicyclic) bond motifs is 3. The van der Waals surface area contributed by atoms with Crippen molar-refractivity contribution in [3.63, 3.8) is 0 Å². The molecule has 1 fully saturated rings. The SMILES string of the molecule is CC12CCC(=O)N1c1ccccc1C(=O)N2CCCC(=O)NNC(=O)c1ccc(F)cc1. The van der Waals surface area contributed by atoms with Crippen LogP contribution in [0.25, 0.3) is 0 Å². The maximum atomic E-state index is 13.1. The second kappa shape index (κ2) is 8.41. The van der Waals surface area contributed by atoms with Crippen LogP contribution in [-0.4, -0.2) is 40.7 Å². The number of halogens is 1. The van der Waals surface area contributed by atoms with Crippen molar-refractivity contribution in [1.82, 2.24) is 15.8 Å². The van der Waals surface area contributed by atoms with Crippen LogP contribution in [0, 0.1) is 5.82 Å². The van der Waals surface area contributed by atoms with E-state index in [1.165, 1.54) is 12.1 Å². The van der Waals surface area contributed by atoms with Crippen molar-refractivity contribution in [3.8, 4) is 0 Å². The van der Waals surface area contributed by atoms with Gasteiger partial charge in [0.2, 0.25) is 11.8 Å². The van der Waals surface area contributed by atoms with Gasteiger partial charge in [0.1, 0.15) is 11.5 Å². The van der Waals surface area contributed by atoms with Crippen LogP contribution in [-0.2, 0) is 9.59 Å². The number of carbonyl (C=O) groups is 4. The number of benzene rings is 2. The lowest BCUT2D eigenvalue weighted by molar-refractivity contribution is -0.122. The van der Waals surface area contributed by atoms with Gasteiger partial charge in [-0.2, -0.15) is 0 Å². The standard InChI is InChI=1S/C23H23FN4O4/c1-23-13-12-20(30)28(23)18-6-3-2-5-17(18)22(32)27(23)14-4-7-19(29)25-26-21(31)15-8-10-16(24)11-9-15/h2-3,5-6,8-11H,4,7,12-14H2,1H3,(H,25,29)(H,26,31). The number of nitrogens with one attached hydrogen (secondary N) is 2. The van der Waals surface area contributed by atoms with Crippen molar-refractivity contribution < 1.29 is 23.6 Å². The summed E-state index contributed by atoms with van der Waals surface area (Å²) in [5.74, 6) is -1.64. The number of hydrazine groups is 1. The van der Waals surface area contributed by atoms with Gasteiger partial charge in [-0.1, -0.05) is 12.1 Å². The molecule has 32 heavy (non-hydrogen) atoms. The predicted molar refractivity (Wildman–Crippen MR) is 114 cm³/mol. The molecule has 2 aliphatic heterocycles. The normalized spacial score (nSPS) is 19.4. The Labute approximate surface area is 184 Å². The van der Waals surface area contributed by atoms with Crippen LogP contribution in [0.1, 0.15) is 53.3 Å². The molecule has 0 saturated carbocycles. The topological polar surface area (TPSA) is 98.8 Å². The lowest BCUT2D eigenvalue weighted by Crippen LogP contribution is -2.62. The van der Waals surface area contributed by atoms with Gasteiger partial charge in [-0.25, -0.2) is 4.39 Å². The van der Waals surface area contributed by atoms with Crippen LogP contribution >= 0.6 is 0 Å². The monoisotopic (exact) mass is 438 g/mol. The summed E-state index contributed by atoms with van der Waals surface area (Å²) in [5.41, 5.74) is 5.14. The highest BCUT2D eigenvalue weighted by atomic mass is 19.1. The minimum absolute atomic E-state index is 0.0290. The minimum Gasteiger partial charge on any atom is -0.315 e. The van der Waals surface area contributed by atoms with Gasteiger partial charge in [0.05, 0.1) is 11.3 Å². The fraction of sp³-hybridized carbons (Fsp3) is 0.304. The molecule has 2 aromatic carbocycles. The lowest BCUT2D eigenvalue weighted by atomic mass is 9.98. The molecule has 1 unspecified atom stereocenters. The van der Waals surface area contributed by atoms with E-state index < -0.39 is 23.3 Å². The molecule has 1 saturated heterocycles. The summed E-state index contributed by atoms with van der Waals surface area (Å²) in [4.78, 5) is 53.2. The third-order valence-corrected chi connectivity index (χ3v) is 5.95. The average Bonchev–Trinajstić information content (AvgIpc) is 3.10. The van der Waals surface area contributed by atoms with Crippen molar-refractivity contribution in [2.75, 3.05) is 11.4 Å². The lowest BCUT2D eigenvalue weighted by Gasteiger charge is -2.48. The molecule has 0 spiro atoms. The third-order valence-electron chi connectivity index (χ3n) is 5.95. The molecule has 0 radical (unpaired) electrons. The van der Waals surface area contributed by atoms with E-state index in [4.69, 9.17) is 0 Å². The van der Waals surface area contributed by atoms with Crippen molar-refractivity contribution in [3.05, 3.63) is 65.5 Å². The molecular formula is C23H23FN4O4. The first-order chi connectivity index (χ1) is 15.3. The fourth-order valence-corrected chi connectivity index (χ4v) is 4.30. The minimum atomic E-state index is -0.768. The molecule has 4 amide bonds. The summed E-state index contributed by atoms with van der Waals surface area (Å²) in [6.45, 7) is 2.15. The Morgan fingerprint density at radius 2 is 1.78 bits per heavy atom. The molecule has 4 rings (SSSR count). The van der Waals surface area contributed by atoms with Gasteiger partial charge in [-0.3, -0.25) is 34.9 Å². The second-order valence-electron chi connectivity index (χ2n) is 8.03. The summed E-state index contributed by atoms with van der Waals surface area (Å²) in [5, 5.41) is 0. The Morgan fingerprint density at radius 1 is 1.06 bits per heavy atom. The van der Waals surface area contributed by atoms with Crippen LogP contribution in [0.4, 0.5) is 10.1 Å². The zero-order valence-electron chi connectivity index (χ0n) is 17.6. The first-order valence-corrected chi connectivity index (χ1v) is 10.4. The summed E-state index contributed by atoms with van der Waals surface area (Å²) in [7, 11) is 0. The van der Waals surface area contributed by atoms with Gasteiger partial charge in [0.15, 0.2) is 0 Å². The Kier molecular flexibility index (Phi) is 5.65. The predicted octanol–water partition coefficient (Wildman–Crippen LogP) is 2.37. The van der Waals surface area contributed by atoms with Crippen LogP contribution in [0.2, 0.25) is 0 Å². The maximum Gasteiger partial charge on any atom is 0.269 e. The summed E-state index contributed by atoms with van der Waals surface area (Å²) in [6, 6.07) is 12.0. The van der Waals surface area contributed by atoms with E-state index in [1.807, 2.05) is 6.92 Å². The molecule has 0 bridgehead atoms. The van der Waals surface area contributed by atoms with Gasteiger partial charge in [-0.05, 0) is 56.2 Å². The van der Waals surface area contributed by atoms with Gasteiger partial charge >= 0.3 is 0 Å². The molecule has 166 valence electrons. The van der Waals surface area contributed by atoms with E-state index in [9.17, 15) is 23.6 Å². The molecule has 0 aliphatic carbocycles. The Balaban J connectivity index is 1.36. The molecule has 1 atom stereocenters. The second-order valence-corrected chi connectivity index (χ2v) is 8.03. The highest BCUT2D eigenvalue weighted by Gasteiger charge is 2.52. The van der Waals surface area contributed by atoms with Crippen molar-refractivity contribution in [1.29, 1.82) is 0 Å². The fourth-order valence-electron chi connectivity index (χ4n) is 4.30. The van der Waals surface area contributed by atoms with Crippen molar-refractivity contribution in [2.45, 2.75) is 38.3 Å². The van der Waals surface area contributed by atoms with E-state index >= 15 is 0 Å². The first-order valence-electron chi connectivity index (χ1n) is 10.4. The number of para-hydroxylation sites is 1. The van der Waals surface area contributed by atoms with Crippen LogP contribution in [0.15, 0.2) is 48.5 Å². The largest absolute Gasteiger partial charge is 0.315 e. The summed E-state index contributed by atoms with van der Waals surface area (Å²) >= 11 is 0. The van der Waals surface area contributed by atoms with Crippen LogP contribution in [0.3, 0.4) is 0 Å². The van der Waals surface area contributed by atoms with Gasteiger partial charge in [0, 0.05) is 24.9 Å². The molecule has 0 aromatic heterocycles. The summed E-state index contributed by atoms with van der Waals surface area (Å²) < 4.78 is 12.9. The van der Waals surface area contributed by atoms with E-state index in [1.54, 1.807) is 34.1 Å². The number of carbonyl (C=O) groups excluding carboxylic acids is 4. The quantitative estimate of drug-likeness (QED) is 0.700. The molecule has 2 N–H and O–H groups in total. The van der Waals surface area contributed by atoms with E-state index in [0.29, 0.717) is 30.5 Å². The van der Waals surface area contributed by atoms with Gasteiger partial charge < -0.3 is 4.90 Å². The number of amides is 4. The zero-order valence-corrected chi connectivity index (χ0v) is 17.6. The van der Waals surface area contributed by atoms with E-state index in [-0.39, 0.29) is 30.3 Å². The highest BCUT2D eigenvalue weighted by molar-refractivity contribution is 6.10. The van der Waals surface area contributed by atoms with Crippen LogP contribution in [0.5, 0.6) is 0 Å². The van der Waals surface area contributed by atoms with Gasteiger partial charge in [0.25, 0.3) is 11.8 Å². The van der Waals surface area contributed by atoms with E-state index in [0.717, 1.165) is 12.1 Å². The molecule has 8 nitrogen and oxygen atoms in total. The zero-order chi connectivity index (χ0) is 22.9. The number of hydrogen-bond donors (Lipinski definition) is 2. The van der Waals surface area contributed by atoms with E-state index in [2.05, 4.69) is 10.9 Å². The summed E-state index contributed by atoms with van der Waals surface area (Å²) in [6.07, 6.45) is 1.29. The average molecular weight is 438 g/mol. The Morgan fingerprint density at radius 3 is 2.53 bits per heavy atom. The smallest absolute Gasteiger partial charge is 0.269 e. The first kappa shape index (κ1) is 21.5. The molecule has 2 heterocycles. The van der Waals surface area contributed by atoms with Crippen molar-refractivity contribution in [2.24, 2.45) is 0 Å². The highest BCUT2D eigenvalue weighted by Crippen LogP contribution is 2.43. The van der Waals surface area contributed by atoms with Gasteiger partial charge in [-0.15, -0.1) is 0 Å². The molecule has 2 aliphatic rings.